The summed E-state index contributed by atoms with van der Waals surface area (Å²) in [5.41, 5.74) is 3.04. The fourth-order valence-electron chi connectivity index (χ4n) is 1.45. The van der Waals surface area contributed by atoms with E-state index < -0.39 is 0 Å². The standard InChI is InChI=1S/C12H11ClN2/c1-2-9-4-3-5-10(8-9)11-12(13)15-7-6-14-11/h3-8H,2H2,1H3. The molecule has 0 bridgehead atoms. The molecule has 0 radical (unpaired) electrons. The Labute approximate surface area is 94.0 Å². The average molecular weight is 219 g/mol. The van der Waals surface area contributed by atoms with E-state index in [1.165, 1.54) is 5.56 Å². The van der Waals surface area contributed by atoms with Crippen molar-refractivity contribution >= 4 is 11.6 Å². The predicted molar refractivity (Wildman–Crippen MR) is 61.9 cm³/mol. The van der Waals surface area contributed by atoms with E-state index in [9.17, 15) is 0 Å². The first-order chi connectivity index (χ1) is 7.31. The lowest BCUT2D eigenvalue weighted by atomic mass is 10.1. The number of aryl methyl sites for hydroxylation is 1. The van der Waals surface area contributed by atoms with Gasteiger partial charge in [-0.2, -0.15) is 0 Å². The van der Waals surface area contributed by atoms with E-state index in [-0.39, 0.29) is 0 Å². The van der Waals surface area contributed by atoms with Crippen LogP contribution in [0, 0.1) is 0 Å². The van der Waals surface area contributed by atoms with Crippen molar-refractivity contribution in [2.24, 2.45) is 0 Å². The summed E-state index contributed by atoms with van der Waals surface area (Å²) >= 11 is 5.98. The highest BCUT2D eigenvalue weighted by atomic mass is 35.5. The van der Waals surface area contributed by atoms with Gasteiger partial charge in [-0.05, 0) is 18.1 Å². The van der Waals surface area contributed by atoms with Crippen LogP contribution in [0.1, 0.15) is 12.5 Å². The van der Waals surface area contributed by atoms with Crippen molar-refractivity contribution < 1.29 is 0 Å². The highest BCUT2D eigenvalue weighted by Crippen LogP contribution is 2.23. The fourth-order valence-corrected chi connectivity index (χ4v) is 1.67. The summed E-state index contributed by atoms with van der Waals surface area (Å²) in [4.78, 5) is 8.24. The van der Waals surface area contributed by atoms with Gasteiger partial charge < -0.3 is 0 Å². The van der Waals surface area contributed by atoms with Gasteiger partial charge in [-0.25, -0.2) is 4.98 Å². The zero-order valence-electron chi connectivity index (χ0n) is 8.44. The Morgan fingerprint density at radius 1 is 1.20 bits per heavy atom. The summed E-state index contributed by atoms with van der Waals surface area (Å²) in [5, 5.41) is 0.450. The minimum Gasteiger partial charge on any atom is -0.251 e. The molecule has 2 aromatic rings. The van der Waals surface area contributed by atoms with Crippen LogP contribution in [0.3, 0.4) is 0 Å². The number of hydrogen-bond donors (Lipinski definition) is 0. The maximum atomic E-state index is 5.98. The van der Waals surface area contributed by atoms with E-state index in [1.54, 1.807) is 12.4 Å². The smallest absolute Gasteiger partial charge is 0.155 e. The number of hydrogen-bond acceptors (Lipinski definition) is 2. The Kier molecular flexibility index (Phi) is 2.97. The lowest BCUT2D eigenvalue weighted by Gasteiger charge is -2.03. The van der Waals surface area contributed by atoms with E-state index >= 15 is 0 Å². The number of halogens is 1. The second kappa shape index (κ2) is 4.41. The van der Waals surface area contributed by atoms with Crippen LogP contribution in [0.15, 0.2) is 36.7 Å². The molecule has 2 rings (SSSR count). The van der Waals surface area contributed by atoms with Gasteiger partial charge in [0.15, 0.2) is 5.15 Å². The van der Waals surface area contributed by atoms with Gasteiger partial charge in [0.1, 0.15) is 5.69 Å². The van der Waals surface area contributed by atoms with Gasteiger partial charge in [0, 0.05) is 18.0 Å². The van der Waals surface area contributed by atoms with Crippen LogP contribution >= 0.6 is 11.6 Å². The summed E-state index contributed by atoms with van der Waals surface area (Å²) in [5.74, 6) is 0. The van der Waals surface area contributed by atoms with Crippen LogP contribution in [0.25, 0.3) is 11.3 Å². The highest BCUT2D eigenvalue weighted by molar-refractivity contribution is 6.31. The maximum absolute atomic E-state index is 5.98. The van der Waals surface area contributed by atoms with E-state index in [0.717, 1.165) is 17.7 Å². The molecule has 3 heteroatoms. The second-order valence-electron chi connectivity index (χ2n) is 3.25. The van der Waals surface area contributed by atoms with Crippen molar-refractivity contribution in [2.45, 2.75) is 13.3 Å². The summed E-state index contributed by atoms with van der Waals surface area (Å²) in [6, 6.07) is 8.19. The molecule has 1 aromatic carbocycles. The van der Waals surface area contributed by atoms with E-state index in [1.807, 2.05) is 12.1 Å². The zero-order valence-corrected chi connectivity index (χ0v) is 9.20. The molecule has 76 valence electrons. The molecule has 15 heavy (non-hydrogen) atoms. The van der Waals surface area contributed by atoms with Crippen LogP contribution in [0.5, 0.6) is 0 Å². The molecule has 0 saturated carbocycles. The van der Waals surface area contributed by atoms with Gasteiger partial charge in [0.05, 0.1) is 0 Å². The third-order valence-electron chi connectivity index (χ3n) is 2.26. The predicted octanol–water partition coefficient (Wildman–Crippen LogP) is 3.36. The van der Waals surface area contributed by atoms with Crippen LogP contribution in [-0.4, -0.2) is 9.97 Å². The second-order valence-corrected chi connectivity index (χ2v) is 3.61. The molecular formula is C12H11ClN2. The van der Waals surface area contributed by atoms with Crippen molar-refractivity contribution in [1.29, 1.82) is 0 Å². The average Bonchev–Trinajstić information content (AvgIpc) is 2.30. The molecule has 0 unspecified atom stereocenters. The van der Waals surface area contributed by atoms with Crippen molar-refractivity contribution in [3.05, 3.63) is 47.4 Å². The lowest BCUT2D eigenvalue weighted by molar-refractivity contribution is 1.14. The van der Waals surface area contributed by atoms with Crippen LogP contribution in [0.4, 0.5) is 0 Å². The number of rotatable bonds is 2. The Morgan fingerprint density at radius 3 is 2.73 bits per heavy atom. The minimum absolute atomic E-state index is 0.450. The van der Waals surface area contributed by atoms with Crippen LogP contribution < -0.4 is 0 Å². The summed E-state index contributed by atoms with van der Waals surface area (Å²) in [6.45, 7) is 2.12. The minimum atomic E-state index is 0.450. The van der Waals surface area contributed by atoms with Gasteiger partial charge in [-0.1, -0.05) is 36.7 Å². The van der Waals surface area contributed by atoms with Gasteiger partial charge in [0.2, 0.25) is 0 Å². The molecule has 0 N–H and O–H groups in total. The summed E-state index contributed by atoms with van der Waals surface area (Å²) in [7, 11) is 0. The SMILES string of the molecule is CCc1cccc(-c2nccnc2Cl)c1. The first kappa shape index (κ1) is 10.1. The fraction of sp³-hybridized carbons (Fsp3) is 0.167. The van der Waals surface area contributed by atoms with Crippen LogP contribution in [0.2, 0.25) is 5.15 Å². The maximum Gasteiger partial charge on any atom is 0.155 e. The molecule has 0 aliphatic heterocycles. The highest BCUT2D eigenvalue weighted by Gasteiger charge is 2.05. The number of benzene rings is 1. The first-order valence-electron chi connectivity index (χ1n) is 4.87. The Balaban J connectivity index is 2.49. The molecule has 0 saturated heterocycles. The molecule has 1 aromatic heterocycles. The largest absolute Gasteiger partial charge is 0.251 e. The van der Waals surface area contributed by atoms with Gasteiger partial charge >= 0.3 is 0 Å². The quantitative estimate of drug-likeness (QED) is 0.773. The first-order valence-corrected chi connectivity index (χ1v) is 5.25. The Bertz CT molecular complexity index is 469. The van der Waals surface area contributed by atoms with Crippen LogP contribution in [-0.2, 0) is 6.42 Å². The molecule has 0 amide bonds. The summed E-state index contributed by atoms with van der Waals surface area (Å²) in [6.07, 6.45) is 4.25. The molecule has 1 heterocycles. The molecule has 0 aliphatic carbocycles. The van der Waals surface area contributed by atoms with Crippen molar-refractivity contribution in [1.82, 2.24) is 9.97 Å². The molecule has 2 nitrogen and oxygen atoms in total. The molecular weight excluding hydrogens is 208 g/mol. The van der Waals surface area contributed by atoms with Gasteiger partial charge in [-0.15, -0.1) is 0 Å². The Hall–Kier alpha value is -1.41. The Morgan fingerprint density at radius 2 is 2.00 bits per heavy atom. The van der Waals surface area contributed by atoms with E-state index in [2.05, 4.69) is 29.0 Å². The number of aromatic nitrogens is 2. The normalized spacial score (nSPS) is 10.3. The summed E-state index contributed by atoms with van der Waals surface area (Å²) < 4.78 is 0. The zero-order chi connectivity index (χ0) is 10.7. The van der Waals surface area contributed by atoms with Crippen molar-refractivity contribution in [2.75, 3.05) is 0 Å². The third kappa shape index (κ3) is 2.16. The van der Waals surface area contributed by atoms with E-state index in [0.29, 0.717) is 5.15 Å². The molecule has 0 aliphatic rings. The topological polar surface area (TPSA) is 25.8 Å². The monoisotopic (exact) mass is 218 g/mol. The molecule has 0 spiro atoms. The van der Waals surface area contributed by atoms with Gasteiger partial charge in [0.25, 0.3) is 0 Å². The molecule has 0 atom stereocenters. The van der Waals surface area contributed by atoms with Gasteiger partial charge in [-0.3, -0.25) is 4.98 Å². The van der Waals surface area contributed by atoms with Crippen molar-refractivity contribution in [3.63, 3.8) is 0 Å². The lowest BCUT2D eigenvalue weighted by Crippen LogP contribution is -1.88. The molecule has 0 fully saturated rings. The third-order valence-corrected chi connectivity index (χ3v) is 2.54. The number of nitrogens with zero attached hydrogens (tertiary/aromatic N) is 2. The van der Waals surface area contributed by atoms with Crippen molar-refractivity contribution in [3.8, 4) is 11.3 Å². The van der Waals surface area contributed by atoms with E-state index in [4.69, 9.17) is 11.6 Å².